The maximum absolute atomic E-state index is 13.7. The molecule has 1 aliphatic heterocycles. The van der Waals surface area contributed by atoms with E-state index in [9.17, 15) is 13.6 Å². The molecule has 3 aromatic rings. The van der Waals surface area contributed by atoms with E-state index in [0.717, 1.165) is 35.8 Å². The van der Waals surface area contributed by atoms with Crippen molar-refractivity contribution in [1.29, 1.82) is 0 Å². The number of hydrogen-bond donors (Lipinski definition) is 0. The molecular formula is C21H22F2N4O. The van der Waals surface area contributed by atoms with E-state index in [-0.39, 0.29) is 28.9 Å². The molecule has 1 aromatic carbocycles. The van der Waals surface area contributed by atoms with Gasteiger partial charge in [-0.05, 0) is 31.7 Å². The van der Waals surface area contributed by atoms with Gasteiger partial charge in [0.05, 0.1) is 11.9 Å². The summed E-state index contributed by atoms with van der Waals surface area (Å²) in [6.45, 7) is 2.74. The number of alkyl halides is 2. The van der Waals surface area contributed by atoms with Crippen LogP contribution in [0.25, 0.3) is 16.9 Å². The van der Waals surface area contributed by atoms with Crippen molar-refractivity contribution in [3.8, 4) is 11.3 Å². The molecule has 28 heavy (non-hydrogen) atoms. The maximum atomic E-state index is 13.7. The van der Waals surface area contributed by atoms with Crippen LogP contribution in [0.3, 0.4) is 0 Å². The fourth-order valence-corrected chi connectivity index (χ4v) is 3.90. The topological polar surface area (TPSA) is 50.5 Å². The van der Waals surface area contributed by atoms with Crippen LogP contribution in [0.15, 0.2) is 42.6 Å². The second-order valence-electron chi connectivity index (χ2n) is 7.08. The first-order valence-electron chi connectivity index (χ1n) is 9.63. The highest BCUT2D eigenvalue weighted by molar-refractivity contribution is 6.00. The van der Waals surface area contributed by atoms with Crippen molar-refractivity contribution in [3.63, 3.8) is 0 Å². The Bertz CT molecular complexity index is 987. The lowest BCUT2D eigenvalue weighted by atomic mass is 9.99. The summed E-state index contributed by atoms with van der Waals surface area (Å²) < 4.78 is 28.5. The minimum absolute atomic E-state index is 0.170. The molecule has 1 unspecified atom stereocenters. The standard InChI is InChI=1S/C21H22F2N4O/c1-2-15-10-6-7-11-26(15)21(28)16-13-24-27-18(19(22)23)12-17(25-20(16)27)14-8-4-3-5-9-14/h3-5,8-9,12-13,15,19H,2,6-7,10-11H2,1H3. The molecule has 1 saturated heterocycles. The van der Waals surface area contributed by atoms with E-state index in [2.05, 4.69) is 17.0 Å². The molecule has 146 valence electrons. The number of nitrogens with zero attached hydrogens (tertiary/aromatic N) is 4. The molecule has 3 heterocycles. The Morgan fingerprint density at radius 1 is 1.25 bits per heavy atom. The van der Waals surface area contributed by atoms with Crippen LogP contribution >= 0.6 is 0 Å². The number of amides is 1. The Hall–Kier alpha value is -2.83. The third-order valence-corrected chi connectivity index (χ3v) is 5.38. The minimum atomic E-state index is -2.73. The Balaban J connectivity index is 1.83. The zero-order chi connectivity index (χ0) is 19.7. The quantitative estimate of drug-likeness (QED) is 0.653. The average molecular weight is 384 g/mol. The summed E-state index contributed by atoms with van der Waals surface area (Å²) >= 11 is 0. The van der Waals surface area contributed by atoms with Gasteiger partial charge in [-0.3, -0.25) is 4.79 Å². The summed E-state index contributed by atoms with van der Waals surface area (Å²) in [4.78, 5) is 19.6. The van der Waals surface area contributed by atoms with Crippen LogP contribution in [0, 0.1) is 0 Å². The van der Waals surface area contributed by atoms with Crippen molar-refractivity contribution in [3.05, 3.63) is 53.9 Å². The molecule has 0 N–H and O–H groups in total. The van der Waals surface area contributed by atoms with Crippen molar-refractivity contribution >= 4 is 11.6 Å². The van der Waals surface area contributed by atoms with Crippen molar-refractivity contribution in [2.45, 2.75) is 45.1 Å². The van der Waals surface area contributed by atoms with Crippen molar-refractivity contribution in [1.82, 2.24) is 19.5 Å². The first kappa shape index (κ1) is 18.5. The Morgan fingerprint density at radius 3 is 2.75 bits per heavy atom. The van der Waals surface area contributed by atoms with Crippen molar-refractivity contribution in [2.24, 2.45) is 0 Å². The lowest BCUT2D eigenvalue weighted by Gasteiger charge is -2.35. The second-order valence-corrected chi connectivity index (χ2v) is 7.08. The van der Waals surface area contributed by atoms with Crippen LogP contribution in [0.2, 0.25) is 0 Å². The first-order valence-corrected chi connectivity index (χ1v) is 9.63. The van der Waals surface area contributed by atoms with Gasteiger partial charge in [-0.25, -0.2) is 18.3 Å². The van der Waals surface area contributed by atoms with Gasteiger partial charge in [0.15, 0.2) is 5.65 Å². The number of hydrogen-bond acceptors (Lipinski definition) is 3. The molecule has 2 aromatic heterocycles. The number of fused-ring (bicyclic) bond motifs is 1. The predicted octanol–water partition coefficient (Wildman–Crippen LogP) is 4.74. The highest BCUT2D eigenvalue weighted by Gasteiger charge is 2.29. The van der Waals surface area contributed by atoms with Gasteiger partial charge in [-0.15, -0.1) is 0 Å². The van der Waals surface area contributed by atoms with E-state index in [0.29, 0.717) is 12.2 Å². The fraction of sp³-hybridized carbons (Fsp3) is 0.381. The number of likely N-dealkylation sites (tertiary alicyclic amines) is 1. The van der Waals surface area contributed by atoms with Gasteiger partial charge in [0.2, 0.25) is 0 Å². The van der Waals surface area contributed by atoms with Gasteiger partial charge in [-0.2, -0.15) is 5.10 Å². The fourth-order valence-electron chi connectivity index (χ4n) is 3.90. The molecule has 0 spiro atoms. The predicted molar refractivity (Wildman–Crippen MR) is 102 cm³/mol. The van der Waals surface area contributed by atoms with Crippen LogP contribution in [0.5, 0.6) is 0 Å². The number of rotatable bonds is 4. The van der Waals surface area contributed by atoms with Gasteiger partial charge >= 0.3 is 0 Å². The smallest absolute Gasteiger partial charge is 0.280 e. The molecule has 0 aliphatic carbocycles. The van der Waals surface area contributed by atoms with E-state index in [1.807, 2.05) is 35.2 Å². The van der Waals surface area contributed by atoms with Gasteiger partial charge < -0.3 is 4.90 Å². The van der Waals surface area contributed by atoms with Gasteiger partial charge in [-0.1, -0.05) is 37.3 Å². The van der Waals surface area contributed by atoms with Gasteiger partial charge in [0.25, 0.3) is 12.3 Å². The second kappa shape index (κ2) is 7.66. The molecule has 1 amide bonds. The largest absolute Gasteiger partial charge is 0.336 e. The summed E-state index contributed by atoms with van der Waals surface area (Å²) in [7, 11) is 0. The first-order chi connectivity index (χ1) is 13.6. The van der Waals surface area contributed by atoms with Crippen LogP contribution < -0.4 is 0 Å². The van der Waals surface area contributed by atoms with Crippen LogP contribution in [-0.2, 0) is 0 Å². The molecule has 0 bridgehead atoms. The molecule has 5 nitrogen and oxygen atoms in total. The third kappa shape index (κ3) is 3.25. The molecule has 0 radical (unpaired) electrons. The summed E-state index contributed by atoms with van der Waals surface area (Å²) in [5.41, 5.74) is 1.32. The highest BCUT2D eigenvalue weighted by Crippen LogP contribution is 2.28. The van der Waals surface area contributed by atoms with Crippen LogP contribution in [0.4, 0.5) is 8.78 Å². The molecule has 1 fully saturated rings. The third-order valence-electron chi connectivity index (χ3n) is 5.38. The number of carbonyl (C=O) groups is 1. The SMILES string of the molecule is CCC1CCCCN1C(=O)c1cnn2c(C(F)F)cc(-c3ccccc3)nc12. The summed E-state index contributed by atoms with van der Waals surface area (Å²) in [5.74, 6) is -0.181. The Morgan fingerprint density at radius 2 is 2.04 bits per heavy atom. The Kier molecular flexibility index (Phi) is 5.07. The number of carbonyl (C=O) groups excluding carboxylic acids is 1. The molecule has 1 aliphatic rings. The molecule has 1 atom stereocenters. The minimum Gasteiger partial charge on any atom is -0.336 e. The van der Waals surface area contributed by atoms with E-state index in [1.165, 1.54) is 12.3 Å². The zero-order valence-corrected chi connectivity index (χ0v) is 15.7. The maximum Gasteiger partial charge on any atom is 0.280 e. The lowest BCUT2D eigenvalue weighted by molar-refractivity contribution is 0.0609. The summed E-state index contributed by atoms with van der Waals surface area (Å²) in [5, 5.41) is 4.07. The number of halogens is 2. The number of piperidine rings is 1. The lowest BCUT2D eigenvalue weighted by Crippen LogP contribution is -2.43. The van der Waals surface area contributed by atoms with E-state index in [1.54, 1.807) is 0 Å². The average Bonchev–Trinajstić information content (AvgIpc) is 3.17. The van der Waals surface area contributed by atoms with Gasteiger partial charge in [0.1, 0.15) is 11.3 Å². The molecule has 7 heteroatoms. The van der Waals surface area contributed by atoms with Crippen LogP contribution in [0.1, 0.15) is 55.1 Å². The molecular weight excluding hydrogens is 362 g/mol. The van der Waals surface area contributed by atoms with E-state index < -0.39 is 6.43 Å². The number of benzene rings is 1. The van der Waals surface area contributed by atoms with Crippen molar-refractivity contribution in [2.75, 3.05) is 6.54 Å². The van der Waals surface area contributed by atoms with Crippen LogP contribution in [-0.4, -0.2) is 38.0 Å². The highest BCUT2D eigenvalue weighted by atomic mass is 19.3. The van der Waals surface area contributed by atoms with Crippen molar-refractivity contribution < 1.29 is 13.6 Å². The summed E-state index contributed by atoms with van der Waals surface area (Å²) in [6.07, 6.45) is 2.53. The monoisotopic (exact) mass is 384 g/mol. The van der Waals surface area contributed by atoms with E-state index >= 15 is 0 Å². The Labute approximate surface area is 162 Å². The summed E-state index contributed by atoms with van der Waals surface area (Å²) in [6, 6.07) is 10.6. The molecule has 0 saturated carbocycles. The normalized spacial score (nSPS) is 17.4. The molecule has 4 rings (SSSR count). The van der Waals surface area contributed by atoms with Gasteiger partial charge in [0, 0.05) is 18.2 Å². The van der Waals surface area contributed by atoms with E-state index in [4.69, 9.17) is 0 Å². The number of aromatic nitrogens is 3. The zero-order valence-electron chi connectivity index (χ0n) is 15.7.